The molecule has 9 heteroatoms. The average Bonchev–Trinajstić information content (AvgIpc) is 3.29. The molecule has 0 radical (unpaired) electrons. The van der Waals surface area contributed by atoms with Gasteiger partial charge in [0.15, 0.2) is 0 Å². The predicted octanol–water partition coefficient (Wildman–Crippen LogP) is 3.45. The second kappa shape index (κ2) is 10.8. The maximum absolute atomic E-state index is 14.1. The highest BCUT2D eigenvalue weighted by Gasteiger charge is 2.30. The van der Waals surface area contributed by atoms with E-state index < -0.39 is 0 Å². The summed E-state index contributed by atoms with van der Waals surface area (Å²) in [5.41, 5.74) is 1.02. The lowest BCUT2D eigenvalue weighted by Gasteiger charge is -2.37. The van der Waals surface area contributed by atoms with E-state index in [1.54, 1.807) is 6.07 Å². The molecule has 33 heavy (non-hydrogen) atoms. The zero-order chi connectivity index (χ0) is 22.5. The summed E-state index contributed by atoms with van der Waals surface area (Å²) in [6, 6.07) is 5.86. The number of ether oxygens (including phenoxy) is 3. The van der Waals surface area contributed by atoms with E-state index in [2.05, 4.69) is 15.1 Å². The monoisotopic (exact) mass is 460 g/mol. The van der Waals surface area contributed by atoms with Crippen LogP contribution in [0.1, 0.15) is 43.6 Å². The number of halogens is 1. The highest BCUT2D eigenvalue weighted by molar-refractivity contribution is 5.37. The molecule has 180 valence electrons. The molecule has 0 saturated carbocycles. The molecule has 1 aromatic carbocycles. The highest BCUT2D eigenvalue weighted by atomic mass is 19.1. The number of piperidine rings is 1. The van der Waals surface area contributed by atoms with Gasteiger partial charge in [-0.3, -0.25) is 4.90 Å². The summed E-state index contributed by atoms with van der Waals surface area (Å²) < 4.78 is 37.0. The first-order chi connectivity index (χ1) is 16.3. The lowest BCUT2D eigenvalue weighted by molar-refractivity contribution is 0.0490. The topological polar surface area (TPSA) is 73.1 Å². The van der Waals surface area contributed by atoms with E-state index >= 15 is 0 Å². The molecule has 0 bridgehead atoms. The zero-order valence-corrected chi connectivity index (χ0v) is 19.0. The maximum Gasteiger partial charge on any atom is 0.319 e. The molecule has 1 aromatic heterocycles. The van der Waals surface area contributed by atoms with E-state index in [1.807, 2.05) is 11.0 Å². The molecule has 0 unspecified atom stereocenters. The van der Waals surface area contributed by atoms with Crippen molar-refractivity contribution < 1.29 is 23.0 Å². The molecule has 2 aromatic rings. The average molecular weight is 461 g/mol. The smallest absolute Gasteiger partial charge is 0.319 e. The van der Waals surface area contributed by atoms with Crippen molar-refractivity contribution in [2.24, 2.45) is 5.92 Å². The van der Waals surface area contributed by atoms with E-state index in [9.17, 15) is 4.39 Å². The minimum atomic E-state index is -0.191. The summed E-state index contributed by atoms with van der Waals surface area (Å²) in [4.78, 5) is 4.49. The van der Waals surface area contributed by atoms with E-state index in [0.29, 0.717) is 43.8 Å². The Morgan fingerprint density at radius 2 is 1.88 bits per heavy atom. The van der Waals surface area contributed by atoms with Gasteiger partial charge in [0.2, 0.25) is 6.39 Å². The molecule has 0 N–H and O–H groups in total. The van der Waals surface area contributed by atoms with E-state index in [-0.39, 0.29) is 5.82 Å². The molecule has 0 amide bonds. The highest BCUT2D eigenvalue weighted by Crippen LogP contribution is 2.36. The van der Waals surface area contributed by atoms with Gasteiger partial charge in [0.05, 0.1) is 13.2 Å². The van der Waals surface area contributed by atoms with E-state index in [0.717, 1.165) is 76.3 Å². The third-order valence-electron chi connectivity index (χ3n) is 7.18. The van der Waals surface area contributed by atoms with Crippen LogP contribution in [0.3, 0.4) is 0 Å². The molecule has 3 aliphatic rings. The molecule has 4 heterocycles. The van der Waals surface area contributed by atoms with Gasteiger partial charge in [-0.05, 0) is 75.2 Å². The van der Waals surface area contributed by atoms with Crippen LogP contribution < -0.4 is 9.64 Å². The second-order valence-corrected chi connectivity index (χ2v) is 9.29. The first kappa shape index (κ1) is 22.6. The zero-order valence-electron chi connectivity index (χ0n) is 19.0. The van der Waals surface area contributed by atoms with Crippen molar-refractivity contribution in [3.8, 4) is 5.75 Å². The molecular weight excluding hydrogens is 427 g/mol. The minimum Gasteiger partial charge on any atom is -0.493 e. The lowest BCUT2D eigenvalue weighted by atomic mass is 9.88. The molecule has 3 aliphatic heterocycles. The Kier molecular flexibility index (Phi) is 7.38. The number of hydrogen-bond acceptors (Lipinski definition) is 8. The third-order valence-corrected chi connectivity index (χ3v) is 7.18. The summed E-state index contributed by atoms with van der Waals surface area (Å²) in [5.74, 6) is 1.47. The van der Waals surface area contributed by atoms with Gasteiger partial charge in [-0.1, -0.05) is 5.10 Å². The summed E-state index contributed by atoms with van der Waals surface area (Å²) in [6.07, 6.45) is 6.36. The van der Waals surface area contributed by atoms with Crippen molar-refractivity contribution >= 4 is 6.01 Å². The van der Waals surface area contributed by atoms with E-state index in [1.165, 1.54) is 12.5 Å². The van der Waals surface area contributed by atoms with Crippen LogP contribution in [-0.2, 0) is 9.47 Å². The van der Waals surface area contributed by atoms with Crippen molar-refractivity contribution in [1.29, 1.82) is 0 Å². The Morgan fingerprint density at radius 1 is 1.03 bits per heavy atom. The molecule has 1 atom stereocenters. The number of benzene rings is 1. The van der Waals surface area contributed by atoms with Crippen LogP contribution in [0, 0.1) is 11.7 Å². The Labute approximate surface area is 194 Å². The normalized spacial score (nSPS) is 24.0. The third kappa shape index (κ3) is 5.65. The van der Waals surface area contributed by atoms with Crippen molar-refractivity contribution in [3.63, 3.8) is 0 Å². The van der Waals surface area contributed by atoms with Gasteiger partial charge in [0, 0.05) is 31.4 Å². The molecular formula is C24H33FN4O4. The van der Waals surface area contributed by atoms with Crippen molar-refractivity contribution in [2.75, 3.05) is 57.7 Å². The standard InChI is InChI=1S/C24H33FN4O4/c25-20-1-2-23(32-14-18-6-11-30-12-7-18)22(13-20)19-3-8-28(9-4-19)21-5-10-29(17-31-15-21)24-27-26-16-33-24/h1-2,13,16,18-19,21H,3-12,14-15,17H2/t21-/m0/s1. The molecule has 0 aliphatic carbocycles. The van der Waals surface area contributed by atoms with Crippen LogP contribution in [-0.4, -0.2) is 73.9 Å². The summed E-state index contributed by atoms with van der Waals surface area (Å²) in [7, 11) is 0. The van der Waals surface area contributed by atoms with Crippen LogP contribution in [0.5, 0.6) is 5.75 Å². The van der Waals surface area contributed by atoms with Crippen LogP contribution in [0.2, 0.25) is 0 Å². The first-order valence-corrected chi connectivity index (χ1v) is 12.1. The first-order valence-electron chi connectivity index (χ1n) is 12.1. The summed E-state index contributed by atoms with van der Waals surface area (Å²) >= 11 is 0. The lowest BCUT2D eigenvalue weighted by Crippen LogP contribution is -2.43. The Morgan fingerprint density at radius 3 is 2.67 bits per heavy atom. The minimum absolute atomic E-state index is 0.191. The quantitative estimate of drug-likeness (QED) is 0.649. The fourth-order valence-corrected chi connectivity index (χ4v) is 5.16. The Bertz CT molecular complexity index is 869. The fraction of sp³-hybridized carbons (Fsp3) is 0.667. The largest absolute Gasteiger partial charge is 0.493 e. The molecule has 5 rings (SSSR count). The number of anilines is 1. The fourth-order valence-electron chi connectivity index (χ4n) is 5.16. The number of nitrogens with zero attached hydrogens (tertiary/aromatic N) is 4. The van der Waals surface area contributed by atoms with Gasteiger partial charge in [-0.25, -0.2) is 4.39 Å². The van der Waals surface area contributed by atoms with Crippen molar-refractivity contribution in [2.45, 2.75) is 44.1 Å². The van der Waals surface area contributed by atoms with Gasteiger partial charge < -0.3 is 23.5 Å². The van der Waals surface area contributed by atoms with Gasteiger partial charge in [-0.2, -0.15) is 0 Å². The van der Waals surface area contributed by atoms with Gasteiger partial charge in [0.1, 0.15) is 18.3 Å². The van der Waals surface area contributed by atoms with Crippen LogP contribution in [0.25, 0.3) is 0 Å². The predicted molar refractivity (Wildman–Crippen MR) is 120 cm³/mol. The summed E-state index contributed by atoms with van der Waals surface area (Å²) in [5, 5.41) is 7.75. The van der Waals surface area contributed by atoms with Gasteiger partial charge in [-0.15, -0.1) is 5.10 Å². The summed E-state index contributed by atoms with van der Waals surface area (Å²) in [6.45, 7) is 6.20. The molecule has 3 saturated heterocycles. The number of likely N-dealkylation sites (tertiary alicyclic amines) is 1. The number of rotatable bonds is 6. The number of hydrogen-bond donors (Lipinski definition) is 0. The molecule has 3 fully saturated rings. The second-order valence-electron chi connectivity index (χ2n) is 9.29. The van der Waals surface area contributed by atoms with Gasteiger partial charge >= 0.3 is 6.01 Å². The Balaban J connectivity index is 1.16. The van der Waals surface area contributed by atoms with Crippen molar-refractivity contribution in [3.05, 3.63) is 36.0 Å². The molecule has 0 spiro atoms. The van der Waals surface area contributed by atoms with Crippen LogP contribution in [0.4, 0.5) is 10.4 Å². The van der Waals surface area contributed by atoms with Crippen molar-refractivity contribution in [1.82, 2.24) is 15.1 Å². The van der Waals surface area contributed by atoms with E-state index in [4.69, 9.17) is 18.6 Å². The van der Waals surface area contributed by atoms with Gasteiger partial charge in [0.25, 0.3) is 0 Å². The molecule has 8 nitrogen and oxygen atoms in total. The van der Waals surface area contributed by atoms with Crippen LogP contribution in [0.15, 0.2) is 29.0 Å². The Hall–Kier alpha value is -2.23. The maximum atomic E-state index is 14.1. The van der Waals surface area contributed by atoms with Crippen LogP contribution >= 0.6 is 0 Å². The number of aromatic nitrogens is 2. The SMILES string of the molecule is Fc1ccc(OCC2CCOCC2)c(C2CCN([C@H]3CCN(c4nnco4)COC3)CC2)c1.